The van der Waals surface area contributed by atoms with Gasteiger partial charge in [0, 0.05) is 12.3 Å². The molecule has 0 saturated carbocycles. The molecule has 1 amide bonds. The van der Waals surface area contributed by atoms with Crippen molar-refractivity contribution in [3.63, 3.8) is 0 Å². The topological polar surface area (TPSA) is 86.8 Å². The van der Waals surface area contributed by atoms with Gasteiger partial charge in [0.2, 0.25) is 0 Å². The van der Waals surface area contributed by atoms with E-state index >= 15 is 0 Å². The Labute approximate surface area is 153 Å². The van der Waals surface area contributed by atoms with Crippen LogP contribution in [0.25, 0.3) is 0 Å². The van der Waals surface area contributed by atoms with Crippen molar-refractivity contribution in [2.45, 2.75) is 0 Å². The van der Waals surface area contributed by atoms with Crippen molar-refractivity contribution >= 4 is 40.8 Å². The standard InChI is InChI=1S/C16H14Cl2N2O5/c1-23-12-7-13(24-2)11(6-10(12)17)20-15(21)8-25-16(22)9-3-4-19-14(18)5-9/h3-7H,8H2,1-2H3,(H,20,21). The number of nitrogens with zero attached hydrogens (tertiary/aromatic N) is 1. The fourth-order valence-corrected chi connectivity index (χ4v) is 2.30. The maximum absolute atomic E-state index is 12.0. The first kappa shape index (κ1) is 18.8. The lowest BCUT2D eigenvalue weighted by atomic mass is 10.2. The third-order valence-electron chi connectivity index (χ3n) is 3.04. The quantitative estimate of drug-likeness (QED) is 0.607. The first-order valence-electron chi connectivity index (χ1n) is 6.94. The molecule has 0 bridgehead atoms. The number of nitrogens with one attached hydrogen (secondary N) is 1. The van der Waals surface area contributed by atoms with Crippen molar-refractivity contribution < 1.29 is 23.8 Å². The van der Waals surface area contributed by atoms with Gasteiger partial charge in [0.05, 0.1) is 30.5 Å². The maximum atomic E-state index is 12.0. The minimum atomic E-state index is -0.695. The van der Waals surface area contributed by atoms with E-state index < -0.39 is 18.5 Å². The van der Waals surface area contributed by atoms with Crippen molar-refractivity contribution in [3.05, 3.63) is 46.2 Å². The van der Waals surface area contributed by atoms with E-state index in [-0.39, 0.29) is 10.7 Å². The Morgan fingerprint density at radius 2 is 1.84 bits per heavy atom. The molecule has 0 aliphatic heterocycles. The number of rotatable bonds is 6. The summed E-state index contributed by atoms with van der Waals surface area (Å²) in [5.41, 5.74) is 0.513. The first-order chi connectivity index (χ1) is 11.9. The summed E-state index contributed by atoms with van der Waals surface area (Å²) in [6.07, 6.45) is 1.36. The number of amides is 1. The predicted octanol–water partition coefficient (Wildman–Crippen LogP) is 3.20. The minimum absolute atomic E-state index is 0.150. The van der Waals surface area contributed by atoms with Crippen LogP contribution in [0.15, 0.2) is 30.5 Å². The molecule has 9 heteroatoms. The van der Waals surface area contributed by atoms with E-state index in [1.54, 1.807) is 0 Å². The molecule has 0 atom stereocenters. The average Bonchev–Trinajstić information content (AvgIpc) is 2.60. The van der Waals surface area contributed by atoms with Crippen LogP contribution in [-0.2, 0) is 9.53 Å². The van der Waals surface area contributed by atoms with E-state index in [4.69, 9.17) is 37.4 Å². The number of halogens is 2. The van der Waals surface area contributed by atoms with Gasteiger partial charge in [-0.05, 0) is 18.2 Å². The van der Waals surface area contributed by atoms with E-state index in [0.29, 0.717) is 22.2 Å². The van der Waals surface area contributed by atoms with Crippen LogP contribution in [0.5, 0.6) is 11.5 Å². The number of anilines is 1. The Morgan fingerprint density at radius 3 is 2.48 bits per heavy atom. The maximum Gasteiger partial charge on any atom is 0.338 e. The fourth-order valence-electron chi connectivity index (χ4n) is 1.89. The van der Waals surface area contributed by atoms with Gasteiger partial charge in [-0.25, -0.2) is 9.78 Å². The van der Waals surface area contributed by atoms with Gasteiger partial charge in [-0.2, -0.15) is 0 Å². The number of methoxy groups -OCH3 is 2. The van der Waals surface area contributed by atoms with Gasteiger partial charge in [-0.3, -0.25) is 4.79 Å². The van der Waals surface area contributed by atoms with Crippen LogP contribution in [0.2, 0.25) is 10.2 Å². The largest absolute Gasteiger partial charge is 0.495 e. The van der Waals surface area contributed by atoms with Crippen molar-refractivity contribution in [3.8, 4) is 11.5 Å². The summed E-state index contributed by atoms with van der Waals surface area (Å²) in [6, 6.07) is 5.77. The van der Waals surface area contributed by atoms with Crippen LogP contribution in [-0.4, -0.2) is 37.7 Å². The molecular formula is C16H14Cl2N2O5. The van der Waals surface area contributed by atoms with Gasteiger partial charge in [-0.15, -0.1) is 0 Å². The van der Waals surface area contributed by atoms with E-state index in [2.05, 4.69) is 10.3 Å². The second-order valence-corrected chi connectivity index (χ2v) is 5.47. The molecule has 0 unspecified atom stereocenters. The molecule has 7 nitrogen and oxygen atoms in total. The lowest BCUT2D eigenvalue weighted by Gasteiger charge is -2.13. The summed E-state index contributed by atoms with van der Waals surface area (Å²) in [6.45, 7) is -0.494. The van der Waals surface area contributed by atoms with Gasteiger partial charge in [0.25, 0.3) is 5.91 Å². The molecule has 0 radical (unpaired) electrons. The molecule has 0 aliphatic rings. The zero-order valence-corrected chi connectivity index (χ0v) is 14.9. The molecule has 0 aliphatic carbocycles. The lowest BCUT2D eigenvalue weighted by molar-refractivity contribution is -0.119. The average molecular weight is 385 g/mol. The number of aromatic nitrogens is 1. The molecular weight excluding hydrogens is 371 g/mol. The molecule has 0 saturated heterocycles. The molecule has 2 rings (SSSR count). The second kappa shape index (κ2) is 8.55. The number of ether oxygens (including phenoxy) is 3. The zero-order valence-electron chi connectivity index (χ0n) is 13.3. The smallest absolute Gasteiger partial charge is 0.338 e. The monoisotopic (exact) mass is 384 g/mol. The van der Waals surface area contributed by atoms with Gasteiger partial charge in [0.15, 0.2) is 6.61 Å². The van der Waals surface area contributed by atoms with Crippen LogP contribution in [0, 0.1) is 0 Å². The van der Waals surface area contributed by atoms with E-state index in [1.807, 2.05) is 0 Å². The highest BCUT2D eigenvalue weighted by Gasteiger charge is 2.15. The Bertz CT molecular complexity index is 798. The summed E-state index contributed by atoms with van der Waals surface area (Å²) in [5, 5.41) is 3.00. The van der Waals surface area contributed by atoms with Crippen molar-refractivity contribution in [1.82, 2.24) is 4.98 Å². The summed E-state index contributed by atoms with van der Waals surface area (Å²) >= 11 is 11.7. The number of esters is 1. The summed E-state index contributed by atoms with van der Waals surface area (Å²) < 4.78 is 15.2. The van der Waals surface area contributed by atoms with Crippen molar-refractivity contribution in [2.75, 3.05) is 26.1 Å². The van der Waals surface area contributed by atoms with E-state index in [9.17, 15) is 9.59 Å². The van der Waals surface area contributed by atoms with Gasteiger partial charge < -0.3 is 19.5 Å². The summed E-state index contributed by atoms with van der Waals surface area (Å²) in [7, 11) is 2.90. The molecule has 25 heavy (non-hydrogen) atoms. The zero-order chi connectivity index (χ0) is 18.4. The summed E-state index contributed by atoms with van der Waals surface area (Å²) in [5.74, 6) is -0.508. The number of carbonyl (C=O) groups is 2. The normalized spacial score (nSPS) is 10.1. The highest BCUT2D eigenvalue weighted by molar-refractivity contribution is 6.32. The molecule has 132 valence electrons. The van der Waals surface area contributed by atoms with Gasteiger partial charge in [-0.1, -0.05) is 23.2 Å². The number of benzene rings is 1. The van der Waals surface area contributed by atoms with Crippen LogP contribution in [0.4, 0.5) is 5.69 Å². The number of pyridine rings is 1. The number of carbonyl (C=O) groups excluding carboxylic acids is 2. The lowest BCUT2D eigenvalue weighted by Crippen LogP contribution is -2.21. The van der Waals surface area contributed by atoms with E-state index in [1.165, 1.54) is 44.7 Å². The van der Waals surface area contributed by atoms with Gasteiger partial charge >= 0.3 is 5.97 Å². The minimum Gasteiger partial charge on any atom is -0.495 e. The van der Waals surface area contributed by atoms with Gasteiger partial charge in [0.1, 0.15) is 16.7 Å². The van der Waals surface area contributed by atoms with Crippen molar-refractivity contribution in [1.29, 1.82) is 0 Å². The molecule has 0 spiro atoms. The fraction of sp³-hybridized carbons (Fsp3) is 0.188. The highest BCUT2D eigenvalue weighted by Crippen LogP contribution is 2.35. The Morgan fingerprint density at radius 1 is 1.12 bits per heavy atom. The molecule has 1 aromatic heterocycles. The third-order valence-corrected chi connectivity index (χ3v) is 3.55. The SMILES string of the molecule is COc1cc(OC)c(NC(=O)COC(=O)c2ccnc(Cl)c2)cc1Cl. The number of hydrogen-bond donors (Lipinski definition) is 1. The van der Waals surface area contributed by atoms with E-state index in [0.717, 1.165) is 0 Å². The predicted molar refractivity (Wildman–Crippen MR) is 92.7 cm³/mol. The van der Waals surface area contributed by atoms with Crippen LogP contribution < -0.4 is 14.8 Å². The Hall–Kier alpha value is -2.51. The molecule has 1 heterocycles. The molecule has 0 fully saturated rings. The van der Waals surface area contributed by atoms with Crippen LogP contribution in [0.1, 0.15) is 10.4 Å². The highest BCUT2D eigenvalue weighted by atomic mass is 35.5. The summed E-state index contributed by atoms with van der Waals surface area (Å²) in [4.78, 5) is 27.6. The van der Waals surface area contributed by atoms with Crippen molar-refractivity contribution in [2.24, 2.45) is 0 Å². The Kier molecular flexibility index (Phi) is 6.44. The van der Waals surface area contributed by atoms with Crippen LogP contribution in [0.3, 0.4) is 0 Å². The molecule has 1 N–H and O–H groups in total. The molecule has 1 aromatic carbocycles. The second-order valence-electron chi connectivity index (χ2n) is 4.68. The number of hydrogen-bond acceptors (Lipinski definition) is 6. The first-order valence-corrected chi connectivity index (χ1v) is 7.70. The Balaban J connectivity index is 2.01. The van der Waals surface area contributed by atoms with Crippen LogP contribution >= 0.6 is 23.2 Å². The molecule has 2 aromatic rings. The third kappa shape index (κ3) is 4.98.